The van der Waals surface area contributed by atoms with Gasteiger partial charge in [0.05, 0.1) is 6.54 Å². The summed E-state index contributed by atoms with van der Waals surface area (Å²) in [4.78, 5) is 15.6. The van der Waals surface area contributed by atoms with E-state index in [9.17, 15) is 13.6 Å². The van der Waals surface area contributed by atoms with Gasteiger partial charge in [0.2, 0.25) is 5.88 Å². The number of nitrogens with one attached hydrogen (secondary N) is 1. The van der Waals surface area contributed by atoms with Crippen LogP contribution in [0.4, 0.5) is 8.78 Å². The van der Waals surface area contributed by atoms with Crippen molar-refractivity contribution in [3.8, 4) is 5.88 Å². The zero-order valence-corrected chi connectivity index (χ0v) is 11.5. The number of halogens is 3. The number of nitrogens with zero attached hydrogens (tertiary/aromatic N) is 1. The number of amides is 1. The molecule has 0 aliphatic rings. The van der Waals surface area contributed by atoms with E-state index >= 15 is 0 Å². The molecule has 2 aromatic rings. The predicted molar refractivity (Wildman–Crippen MR) is 73.4 cm³/mol. The van der Waals surface area contributed by atoms with E-state index in [0.717, 1.165) is 12.1 Å². The maximum Gasteiger partial charge on any atom is 0.257 e. The monoisotopic (exact) mass is 312 g/mol. The number of ether oxygens (including phenoxy) is 1. The van der Waals surface area contributed by atoms with Gasteiger partial charge in [-0.2, -0.15) is 0 Å². The first-order valence-corrected chi connectivity index (χ1v) is 6.43. The summed E-state index contributed by atoms with van der Waals surface area (Å²) in [6.07, 6.45) is 1.51. The van der Waals surface area contributed by atoms with Crippen molar-refractivity contribution >= 4 is 17.5 Å². The fraction of sp³-hybridized carbons (Fsp3) is 0.143. The number of hydrogen-bond donors (Lipinski definition) is 1. The van der Waals surface area contributed by atoms with Gasteiger partial charge in [-0.25, -0.2) is 13.8 Å². The molecule has 1 heterocycles. The Hall–Kier alpha value is -2.21. The summed E-state index contributed by atoms with van der Waals surface area (Å²) >= 11 is 5.83. The van der Waals surface area contributed by atoms with Gasteiger partial charge in [-0.1, -0.05) is 17.7 Å². The molecule has 0 aliphatic heterocycles. The Balaban J connectivity index is 1.87. The molecule has 7 heteroatoms. The fourth-order valence-electron chi connectivity index (χ4n) is 1.59. The molecule has 4 nitrogen and oxygen atoms in total. The lowest BCUT2D eigenvalue weighted by molar-refractivity contribution is 0.0938. The van der Waals surface area contributed by atoms with Crippen molar-refractivity contribution in [2.24, 2.45) is 0 Å². The van der Waals surface area contributed by atoms with Gasteiger partial charge in [0.25, 0.3) is 5.91 Å². The van der Waals surface area contributed by atoms with E-state index in [4.69, 9.17) is 16.3 Å². The summed E-state index contributed by atoms with van der Waals surface area (Å²) in [5.41, 5.74) is -0.617. The highest BCUT2D eigenvalue weighted by Crippen LogP contribution is 2.19. The first kappa shape index (κ1) is 15.2. The molecule has 2 rings (SSSR count). The largest absolute Gasteiger partial charge is 0.475 e. The average Bonchev–Trinajstić information content (AvgIpc) is 2.45. The molecule has 0 bridgehead atoms. The maximum atomic E-state index is 13.4. The average molecular weight is 313 g/mol. The molecule has 1 aromatic heterocycles. The second kappa shape index (κ2) is 6.99. The maximum absolute atomic E-state index is 13.4. The number of rotatable bonds is 5. The molecule has 0 saturated carbocycles. The molecule has 1 amide bonds. The summed E-state index contributed by atoms with van der Waals surface area (Å²) in [5.74, 6) is -2.45. The van der Waals surface area contributed by atoms with Gasteiger partial charge in [-0.15, -0.1) is 0 Å². The highest BCUT2D eigenvalue weighted by atomic mass is 35.5. The summed E-state index contributed by atoms with van der Waals surface area (Å²) in [6.45, 7) is 0.123. The number of benzene rings is 1. The molecule has 21 heavy (non-hydrogen) atoms. The van der Waals surface area contributed by atoms with Crippen LogP contribution in [-0.2, 0) is 0 Å². The van der Waals surface area contributed by atoms with Crippen LogP contribution in [0.25, 0.3) is 0 Å². The minimum atomic E-state index is -0.916. The fourth-order valence-corrected chi connectivity index (χ4v) is 1.77. The normalized spacial score (nSPS) is 10.2. The third-order valence-corrected chi connectivity index (χ3v) is 2.83. The number of carbonyl (C=O) groups is 1. The Morgan fingerprint density at radius 1 is 1.24 bits per heavy atom. The molecule has 0 atom stereocenters. The van der Waals surface area contributed by atoms with Gasteiger partial charge in [0.1, 0.15) is 28.8 Å². The molecule has 1 aromatic carbocycles. The van der Waals surface area contributed by atoms with Gasteiger partial charge in [0, 0.05) is 6.20 Å². The summed E-state index contributed by atoms with van der Waals surface area (Å²) in [5, 5.41) is 2.69. The second-order valence-corrected chi connectivity index (χ2v) is 4.40. The van der Waals surface area contributed by atoms with Crippen LogP contribution in [0.15, 0.2) is 36.5 Å². The number of pyridine rings is 1. The molecule has 0 fully saturated rings. The Bertz CT molecular complexity index is 632. The van der Waals surface area contributed by atoms with Crippen molar-refractivity contribution in [2.45, 2.75) is 0 Å². The van der Waals surface area contributed by atoms with Crippen LogP contribution in [0.3, 0.4) is 0 Å². The predicted octanol–water partition coefficient (Wildman–Crippen LogP) is 2.82. The lowest BCUT2D eigenvalue weighted by Crippen LogP contribution is -2.29. The molecule has 110 valence electrons. The number of aromatic nitrogens is 1. The summed E-state index contributed by atoms with van der Waals surface area (Å²) in [6, 6.07) is 6.48. The van der Waals surface area contributed by atoms with E-state index in [1.807, 2.05) is 0 Å². The van der Waals surface area contributed by atoms with Gasteiger partial charge in [0.15, 0.2) is 0 Å². The number of carbonyl (C=O) groups excluding carboxylic acids is 1. The highest BCUT2D eigenvalue weighted by molar-refractivity contribution is 6.31. The molecule has 0 spiro atoms. The van der Waals surface area contributed by atoms with E-state index < -0.39 is 23.1 Å². The van der Waals surface area contributed by atoms with Gasteiger partial charge >= 0.3 is 0 Å². The van der Waals surface area contributed by atoms with Gasteiger partial charge < -0.3 is 10.1 Å². The van der Waals surface area contributed by atoms with Crippen molar-refractivity contribution in [2.75, 3.05) is 13.2 Å². The van der Waals surface area contributed by atoms with E-state index in [1.165, 1.54) is 12.3 Å². The van der Waals surface area contributed by atoms with E-state index in [1.54, 1.807) is 12.1 Å². The highest BCUT2D eigenvalue weighted by Gasteiger charge is 2.16. The van der Waals surface area contributed by atoms with E-state index in [2.05, 4.69) is 10.3 Å². The van der Waals surface area contributed by atoms with E-state index in [0.29, 0.717) is 5.02 Å². The van der Waals surface area contributed by atoms with Crippen molar-refractivity contribution in [3.05, 3.63) is 58.7 Å². The first-order chi connectivity index (χ1) is 10.1. The standard InChI is InChI=1S/C14H11ClF2N2O2/c15-9-3-2-6-19-14(9)21-8-7-18-13(20)12-10(16)4-1-5-11(12)17/h1-6H,7-8H2,(H,18,20). The molecular weight excluding hydrogens is 302 g/mol. The quantitative estimate of drug-likeness (QED) is 0.864. The zero-order chi connectivity index (χ0) is 15.2. The Labute approximate surface area is 124 Å². The Morgan fingerprint density at radius 3 is 2.62 bits per heavy atom. The minimum absolute atomic E-state index is 0.0551. The van der Waals surface area contributed by atoms with Crippen molar-refractivity contribution in [1.29, 1.82) is 0 Å². The van der Waals surface area contributed by atoms with Crippen LogP contribution in [0.2, 0.25) is 5.02 Å². The SMILES string of the molecule is O=C(NCCOc1ncccc1Cl)c1c(F)cccc1F. The van der Waals surface area contributed by atoms with Crippen LogP contribution in [-0.4, -0.2) is 24.0 Å². The third-order valence-electron chi connectivity index (χ3n) is 2.54. The van der Waals surface area contributed by atoms with E-state index in [-0.39, 0.29) is 19.0 Å². The van der Waals surface area contributed by atoms with Gasteiger partial charge in [-0.3, -0.25) is 4.79 Å². The van der Waals surface area contributed by atoms with Crippen LogP contribution in [0, 0.1) is 11.6 Å². The molecule has 0 saturated heterocycles. The molecule has 0 aliphatic carbocycles. The van der Waals surface area contributed by atoms with Gasteiger partial charge in [-0.05, 0) is 24.3 Å². The molecule has 1 N–H and O–H groups in total. The second-order valence-electron chi connectivity index (χ2n) is 3.99. The van der Waals surface area contributed by atoms with Crippen LogP contribution < -0.4 is 10.1 Å². The Morgan fingerprint density at radius 2 is 1.95 bits per heavy atom. The summed E-state index contributed by atoms with van der Waals surface area (Å²) in [7, 11) is 0. The van der Waals surface area contributed by atoms with Crippen molar-refractivity contribution in [3.63, 3.8) is 0 Å². The lowest BCUT2D eigenvalue weighted by atomic mass is 10.2. The Kier molecular flexibility index (Phi) is 5.05. The molecular formula is C14H11ClF2N2O2. The molecule has 0 radical (unpaired) electrons. The molecule has 0 unspecified atom stereocenters. The lowest BCUT2D eigenvalue weighted by Gasteiger charge is -2.08. The van der Waals surface area contributed by atoms with Crippen LogP contribution in [0.1, 0.15) is 10.4 Å². The third kappa shape index (κ3) is 3.88. The van der Waals surface area contributed by atoms with Crippen molar-refractivity contribution < 1.29 is 18.3 Å². The van der Waals surface area contributed by atoms with Crippen molar-refractivity contribution in [1.82, 2.24) is 10.3 Å². The number of hydrogen-bond acceptors (Lipinski definition) is 3. The smallest absolute Gasteiger partial charge is 0.257 e. The van der Waals surface area contributed by atoms with Crippen LogP contribution in [0.5, 0.6) is 5.88 Å². The zero-order valence-electron chi connectivity index (χ0n) is 10.8. The minimum Gasteiger partial charge on any atom is -0.475 e. The topological polar surface area (TPSA) is 51.2 Å². The first-order valence-electron chi connectivity index (χ1n) is 6.05. The summed E-state index contributed by atoms with van der Waals surface area (Å²) < 4.78 is 32.0. The van der Waals surface area contributed by atoms with Crippen LogP contribution >= 0.6 is 11.6 Å².